The highest BCUT2D eigenvalue weighted by atomic mass is 79.9. The molecular weight excluding hydrogens is 597 g/mol. The SMILES string of the molecule is CN1CC2(c3cc(Br)cc(Br)c31)C1C(=O)N(c3cc(Cl)cc(Cl)c3)C(=O)C1C1C[C@H](O)CN12. The fraction of sp³-hybridized carbons (Fsp3) is 0.391. The number of likely N-dealkylation sites (N-methyl/N-ethyl adjacent to an activating group) is 1. The Bertz CT molecular complexity index is 1220. The number of hydrogen-bond donors (Lipinski definition) is 1. The molecule has 10 heteroatoms. The van der Waals surface area contributed by atoms with E-state index in [1.165, 1.54) is 4.90 Å². The first-order valence-corrected chi connectivity index (χ1v) is 13.0. The third kappa shape index (κ3) is 2.91. The van der Waals surface area contributed by atoms with Crippen LogP contribution < -0.4 is 9.80 Å². The lowest BCUT2D eigenvalue weighted by Crippen LogP contribution is -2.52. The predicted octanol–water partition coefficient (Wildman–Crippen LogP) is 4.42. The van der Waals surface area contributed by atoms with Gasteiger partial charge >= 0.3 is 0 Å². The second-order valence-corrected chi connectivity index (χ2v) is 12.0. The van der Waals surface area contributed by atoms with Crippen LogP contribution in [0.5, 0.6) is 0 Å². The summed E-state index contributed by atoms with van der Waals surface area (Å²) in [4.78, 5) is 33.5. The van der Waals surface area contributed by atoms with Crippen molar-refractivity contribution in [3.63, 3.8) is 0 Å². The minimum Gasteiger partial charge on any atom is -0.392 e. The van der Waals surface area contributed by atoms with Gasteiger partial charge in [-0.05, 0) is 52.7 Å². The fourth-order valence-corrected chi connectivity index (χ4v) is 8.69. The average molecular weight is 616 g/mol. The number of carbonyl (C=O) groups excluding carboxylic acids is 2. The van der Waals surface area contributed by atoms with Crippen LogP contribution in [-0.2, 0) is 15.1 Å². The van der Waals surface area contributed by atoms with Gasteiger partial charge in [0.05, 0.1) is 34.9 Å². The summed E-state index contributed by atoms with van der Waals surface area (Å²) in [6, 6.07) is 8.58. The van der Waals surface area contributed by atoms with Crippen LogP contribution in [0.3, 0.4) is 0 Å². The van der Waals surface area contributed by atoms with Crippen LogP contribution in [0.25, 0.3) is 0 Å². The van der Waals surface area contributed by atoms with E-state index in [9.17, 15) is 14.7 Å². The maximum Gasteiger partial charge on any atom is 0.240 e. The number of hydrogen-bond acceptors (Lipinski definition) is 5. The van der Waals surface area contributed by atoms with Gasteiger partial charge in [0, 0.05) is 50.7 Å². The maximum absolute atomic E-state index is 14.1. The molecule has 2 amide bonds. The summed E-state index contributed by atoms with van der Waals surface area (Å²) in [5, 5.41) is 11.3. The maximum atomic E-state index is 14.1. The van der Waals surface area contributed by atoms with Crippen molar-refractivity contribution in [3.05, 3.63) is 54.9 Å². The van der Waals surface area contributed by atoms with Crippen molar-refractivity contribution < 1.29 is 14.7 Å². The molecule has 0 saturated carbocycles. The number of anilines is 2. The zero-order valence-electron chi connectivity index (χ0n) is 17.4. The molecule has 6 rings (SSSR count). The summed E-state index contributed by atoms with van der Waals surface area (Å²) < 4.78 is 1.80. The summed E-state index contributed by atoms with van der Waals surface area (Å²) in [5.41, 5.74) is 1.65. The number of imide groups is 1. The normalized spacial score (nSPS) is 32.8. The number of aliphatic hydroxyl groups is 1. The van der Waals surface area contributed by atoms with E-state index in [-0.39, 0.29) is 17.9 Å². The molecule has 4 unspecified atom stereocenters. The third-order valence-electron chi connectivity index (χ3n) is 7.57. The van der Waals surface area contributed by atoms with Crippen LogP contribution in [0.15, 0.2) is 39.3 Å². The monoisotopic (exact) mass is 613 g/mol. The van der Waals surface area contributed by atoms with Gasteiger partial charge in [0.2, 0.25) is 11.8 Å². The lowest BCUT2D eigenvalue weighted by atomic mass is 9.75. The number of amides is 2. The van der Waals surface area contributed by atoms with Gasteiger partial charge in [-0.1, -0.05) is 39.1 Å². The molecule has 0 aromatic heterocycles. The van der Waals surface area contributed by atoms with Gasteiger partial charge < -0.3 is 10.0 Å². The zero-order chi connectivity index (χ0) is 23.4. The Kier molecular flexibility index (Phi) is 5.02. The van der Waals surface area contributed by atoms with Gasteiger partial charge in [-0.15, -0.1) is 0 Å². The molecule has 4 aliphatic heterocycles. The van der Waals surface area contributed by atoms with Gasteiger partial charge in [0.15, 0.2) is 0 Å². The van der Waals surface area contributed by atoms with Crippen LogP contribution >= 0.6 is 55.1 Å². The second kappa shape index (κ2) is 7.42. The van der Waals surface area contributed by atoms with Crippen LogP contribution in [0.2, 0.25) is 10.0 Å². The third-order valence-corrected chi connectivity index (χ3v) is 9.07. The molecule has 0 bridgehead atoms. The first-order chi connectivity index (χ1) is 15.6. The molecule has 4 heterocycles. The smallest absolute Gasteiger partial charge is 0.240 e. The number of halogens is 4. The van der Waals surface area contributed by atoms with Crippen molar-refractivity contribution in [2.45, 2.75) is 24.1 Å². The number of fused-ring (bicyclic) bond motifs is 7. The quantitative estimate of drug-likeness (QED) is 0.482. The molecule has 6 nitrogen and oxygen atoms in total. The Labute approximate surface area is 217 Å². The standard InChI is InChI=1S/C23H19Br2Cl2N3O3/c1-28-9-23(15-2-10(24)3-16(25)20(15)28)19-18(17-7-14(31)8-29(17)23)21(32)30(22(19)33)13-5-11(26)4-12(27)6-13/h2-6,14,17-19,31H,7-9H2,1H3/t14-,17?,18?,19?,23?/m0/s1. The molecule has 0 radical (unpaired) electrons. The Morgan fingerprint density at radius 3 is 2.45 bits per heavy atom. The fourth-order valence-electron chi connectivity index (χ4n) is 6.65. The lowest BCUT2D eigenvalue weighted by molar-refractivity contribution is -0.125. The lowest BCUT2D eigenvalue weighted by Gasteiger charge is -2.39. The van der Waals surface area contributed by atoms with E-state index >= 15 is 0 Å². The van der Waals surface area contributed by atoms with Crippen molar-refractivity contribution in [3.8, 4) is 0 Å². The number of nitrogens with zero attached hydrogens (tertiary/aromatic N) is 3. The van der Waals surface area contributed by atoms with Gasteiger partial charge in [0.25, 0.3) is 0 Å². The molecule has 0 aliphatic carbocycles. The Hall–Kier alpha value is -1.16. The summed E-state index contributed by atoms with van der Waals surface area (Å²) in [6.45, 7) is 0.976. The minimum atomic E-state index is -0.729. The van der Waals surface area contributed by atoms with Crippen LogP contribution in [0, 0.1) is 11.8 Å². The molecule has 172 valence electrons. The Balaban J connectivity index is 1.57. The molecule has 2 aromatic carbocycles. The zero-order valence-corrected chi connectivity index (χ0v) is 22.1. The van der Waals surface area contributed by atoms with Crippen molar-refractivity contribution >= 4 is 78.3 Å². The van der Waals surface area contributed by atoms with Gasteiger partial charge in [-0.2, -0.15) is 0 Å². The van der Waals surface area contributed by atoms with Gasteiger partial charge in [-0.3, -0.25) is 14.5 Å². The van der Waals surface area contributed by atoms with E-state index in [1.807, 2.05) is 19.2 Å². The number of rotatable bonds is 1. The molecule has 1 N–H and O–H groups in total. The molecule has 3 fully saturated rings. The van der Waals surface area contributed by atoms with Crippen molar-refractivity contribution in [1.29, 1.82) is 0 Å². The van der Waals surface area contributed by atoms with E-state index in [1.54, 1.807) is 18.2 Å². The van der Waals surface area contributed by atoms with Crippen molar-refractivity contribution in [2.24, 2.45) is 11.8 Å². The number of benzene rings is 2. The summed E-state index contributed by atoms with van der Waals surface area (Å²) in [7, 11) is 2.00. The first-order valence-electron chi connectivity index (χ1n) is 10.6. The summed E-state index contributed by atoms with van der Waals surface area (Å²) in [5.74, 6) is -1.63. The highest BCUT2D eigenvalue weighted by Crippen LogP contribution is 2.62. The van der Waals surface area contributed by atoms with E-state index in [2.05, 4.69) is 41.7 Å². The van der Waals surface area contributed by atoms with E-state index in [0.29, 0.717) is 35.2 Å². The van der Waals surface area contributed by atoms with Crippen LogP contribution in [-0.4, -0.2) is 54.1 Å². The highest BCUT2D eigenvalue weighted by Gasteiger charge is 2.73. The van der Waals surface area contributed by atoms with Crippen LogP contribution in [0.4, 0.5) is 11.4 Å². The van der Waals surface area contributed by atoms with E-state index in [0.717, 1.165) is 20.2 Å². The Morgan fingerprint density at radius 1 is 1.06 bits per heavy atom. The highest BCUT2D eigenvalue weighted by molar-refractivity contribution is 9.11. The molecular formula is C23H19Br2Cl2N3O3. The minimum absolute atomic E-state index is 0.224. The molecule has 1 spiro atoms. The molecule has 4 aliphatic rings. The first kappa shape index (κ1) is 22.3. The van der Waals surface area contributed by atoms with Crippen LogP contribution in [0.1, 0.15) is 12.0 Å². The van der Waals surface area contributed by atoms with Gasteiger partial charge in [0.1, 0.15) is 0 Å². The van der Waals surface area contributed by atoms with E-state index < -0.39 is 23.5 Å². The molecule has 2 aromatic rings. The van der Waals surface area contributed by atoms with E-state index in [4.69, 9.17) is 23.2 Å². The Morgan fingerprint density at radius 2 is 1.76 bits per heavy atom. The van der Waals surface area contributed by atoms with Crippen molar-refractivity contribution in [1.82, 2.24) is 4.90 Å². The molecule has 33 heavy (non-hydrogen) atoms. The number of carbonyl (C=O) groups is 2. The average Bonchev–Trinajstić information content (AvgIpc) is 3.37. The van der Waals surface area contributed by atoms with Gasteiger partial charge in [-0.25, -0.2) is 4.90 Å². The largest absolute Gasteiger partial charge is 0.392 e. The predicted molar refractivity (Wildman–Crippen MR) is 134 cm³/mol. The van der Waals surface area contributed by atoms with Crippen molar-refractivity contribution in [2.75, 3.05) is 29.9 Å². The molecule has 3 saturated heterocycles. The topological polar surface area (TPSA) is 64.1 Å². The summed E-state index contributed by atoms with van der Waals surface area (Å²) in [6.07, 6.45) is -0.0874. The second-order valence-electron chi connectivity index (χ2n) is 9.32. The summed E-state index contributed by atoms with van der Waals surface area (Å²) >= 11 is 19.7. The molecule has 5 atom stereocenters. The number of aliphatic hydroxyl groups excluding tert-OH is 1.